The van der Waals surface area contributed by atoms with Gasteiger partial charge < -0.3 is 0 Å². The zero-order valence-corrected chi connectivity index (χ0v) is 16.6. The first-order valence-corrected chi connectivity index (χ1v) is 10.6. The average Bonchev–Trinajstić information content (AvgIpc) is 3.15. The van der Waals surface area contributed by atoms with E-state index < -0.39 is 15.8 Å². The molecule has 0 aliphatic carbocycles. The Morgan fingerprint density at radius 1 is 1.00 bits per heavy atom. The van der Waals surface area contributed by atoms with Crippen LogP contribution in [0.4, 0.5) is 10.1 Å². The second-order valence-corrected chi connectivity index (χ2v) is 8.40. The molecule has 0 radical (unpaired) electrons. The summed E-state index contributed by atoms with van der Waals surface area (Å²) in [4.78, 5) is 0.0830. The fourth-order valence-electron chi connectivity index (χ4n) is 3.14. The molecule has 4 aromatic rings. The van der Waals surface area contributed by atoms with Gasteiger partial charge in [-0.15, -0.1) is 10.2 Å². The summed E-state index contributed by atoms with van der Waals surface area (Å²) in [6, 6.07) is 17.9. The summed E-state index contributed by atoms with van der Waals surface area (Å²) in [6.45, 7) is 2.00. The number of anilines is 1. The first-order chi connectivity index (χ1) is 14.0. The molecule has 0 saturated carbocycles. The van der Waals surface area contributed by atoms with Crippen LogP contribution in [-0.4, -0.2) is 23.0 Å². The van der Waals surface area contributed by atoms with E-state index in [0.717, 1.165) is 5.56 Å². The number of hydrogen-bond acceptors (Lipinski definition) is 4. The average molecular weight is 410 g/mol. The number of sulfonamides is 1. The maximum atomic E-state index is 13.9. The molecule has 0 aliphatic heterocycles. The summed E-state index contributed by atoms with van der Waals surface area (Å²) in [6.07, 6.45) is 2.13. The fraction of sp³-hybridized carbons (Fsp3) is 0.143. The number of rotatable bonds is 6. The van der Waals surface area contributed by atoms with Crippen LogP contribution < -0.4 is 4.31 Å². The van der Waals surface area contributed by atoms with Gasteiger partial charge in [-0.25, -0.2) is 12.8 Å². The predicted octanol–water partition coefficient (Wildman–Crippen LogP) is 3.83. The zero-order valence-electron chi connectivity index (χ0n) is 15.7. The van der Waals surface area contributed by atoms with E-state index in [4.69, 9.17) is 0 Å². The Morgan fingerprint density at radius 2 is 1.79 bits per heavy atom. The summed E-state index contributed by atoms with van der Waals surface area (Å²) < 4.78 is 43.9. The second kappa shape index (κ2) is 7.63. The second-order valence-electron chi connectivity index (χ2n) is 6.54. The van der Waals surface area contributed by atoms with Crippen LogP contribution in [0.5, 0.6) is 0 Å². The van der Waals surface area contributed by atoms with Gasteiger partial charge in [-0.1, -0.05) is 43.3 Å². The molecule has 0 bridgehead atoms. The molecule has 6 nitrogen and oxygen atoms in total. The molecule has 2 heterocycles. The summed E-state index contributed by atoms with van der Waals surface area (Å²) in [5, 5.41) is 8.12. The van der Waals surface area contributed by atoms with Crippen molar-refractivity contribution in [2.45, 2.75) is 24.8 Å². The Balaban J connectivity index is 1.84. The highest BCUT2D eigenvalue weighted by molar-refractivity contribution is 7.92. The molecule has 0 aliphatic rings. The molecule has 4 rings (SSSR count). The number of benzene rings is 2. The Labute approximate surface area is 168 Å². The molecule has 0 unspecified atom stereocenters. The van der Waals surface area contributed by atoms with E-state index in [2.05, 4.69) is 10.2 Å². The quantitative estimate of drug-likeness (QED) is 0.485. The van der Waals surface area contributed by atoms with Crippen LogP contribution in [-0.2, 0) is 23.0 Å². The molecular weight excluding hydrogens is 391 g/mol. The Hall–Kier alpha value is -3.26. The Kier molecular flexibility index (Phi) is 5.02. The molecule has 2 aromatic carbocycles. The van der Waals surface area contributed by atoms with E-state index in [1.165, 1.54) is 34.8 Å². The van der Waals surface area contributed by atoms with Gasteiger partial charge in [-0.3, -0.25) is 8.71 Å². The van der Waals surface area contributed by atoms with E-state index in [1.807, 2.05) is 37.3 Å². The summed E-state index contributed by atoms with van der Waals surface area (Å²) in [5.41, 5.74) is 1.62. The van der Waals surface area contributed by atoms with Gasteiger partial charge in [0.25, 0.3) is 10.0 Å². The zero-order chi connectivity index (χ0) is 20.4. The third-order valence-corrected chi connectivity index (χ3v) is 6.37. The van der Waals surface area contributed by atoms with Crippen molar-refractivity contribution in [2.24, 2.45) is 0 Å². The van der Waals surface area contributed by atoms with E-state index in [-0.39, 0.29) is 17.1 Å². The van der Waals surface area contributed by atoms with Gasteiger partial charge in [0, 0.05) is 12.6 Å². The van der Waals surface area contributed by atoms with Crippen LogP contribution in [0.3, 0.4) is 0 Å². The number of aromatic nitrogens is 3. The SMILES string of the molecule is CCc1nnc2ccc(S(=O)(=O)N(Cc3ccccc3)c3cccc(F)c3)cn12. The van der Waals surface area contributed by atoms with Gasteiger partial charge in [0.15, 0.2) is 5.65 Å². The van der Waals surface area contributed by atoms with Crippen molar-refractivity contribution in [1.82, 2.24) is 14.6 Å². The molecule has 0 atom stereocenters. The highest BCUT2D eigenvalue weighted by atomic mass is 32.2. The van der Waals surface area contributed by atoms with Gasteiger partial charge in [0.2, 0.25) is 0 Å². The largest absolute Gasteiger partial charge is 0.285 e. The van der Waals surface area contributed by atoms with Crippen molar-refractivity contribution in [3.8, 4) is 0 Å². The van der Waals surface area contributed by atoms with Crippen molar-refractivity contribution in [3.63, 3.8) is 0 Å². The summed E-state index contributed by atoms with van der Waals surface area (Å²) >= 11 is 0. The van der Waals surface area contributed by atoms with E-state index in [0.29, 0.717) is 17.9 Å². The number of halogens is 1. The lowest BCUT2D eigenvalue weighted by molar-refractivity contribution is 0.589. The molecular formula is C21H19FN4O2S. The number of hydrogen-bond donors (Lipinski definition) is 0. The third kappa shape index (κ3) is 3.71. The van der Waals surface area contributed by atoms with Crippen molar-refractivity contribution >= 4 is 21.4 Å². The highest BCUT2D eigenvalue weighted by Gasteiger charge is 2.26. The van der Waals surface area contributed by atoms with Crippen LogP contribution in [0.15, 0.2) is 77.8 Å². The van der Waals surface area contributed by atoms with E-state index >= 15 is 0 Å². The van der Waals surface area contributed by atoms with Gasteiger partial charge >= 0.3 is 0 Å². The minimum absolute atomic E-state index is 0.0769. The Morgan fingerprint density at radius 3 is 2.52 bits per heavy atom. The molecule has 0 saturated heterocycles. The topological polar surface area (TPSA) is 67.6 Å². The van der Waals surface area contributed by atoms with Gasteiger partial charge in [-0.05, 0) is 35.9 Å². The van der Waals surface area contributed by atoms with E-state index in [9.17, 15) is 12.8 Å². The predicted molar refractivity (Wildman–Crippen MR) is 109 cm³/mol. The van der Waals surface area contributed by atoms with Crippen LogP contribution in [0, 0.1) is 5.82 Å². The summed E-state index contributed by atoms with van der Waals surface area (Å²) in [5.74, 6) is 0.163. The number of pyridine rings is 1. The van der Waals surface area contributed by atoms with Crippen molar-refractivity contribution in [1.29, 1.82) is 0 Å². The molecule has 8 heteroatoms. The van der Waals surface area contributed by atoms with Crippen LogP contribution in [0.25, 0.3) is 5.65 Å². The first kappa shape index (κ1) is 19.1. The molecule has 0 N–H and O–H groups in total. The standard InChI is InChI=1S/C21H19FN4O2S/c1-2-20-23-24-21-12-11-19(15-25(20)21)29(27,28)26(14-16-7-4-3-5-8-16)18-10-6-9-17(22)13-18/h3-13,15H,2,14H2,1H3. The van der Waals surface area contributed by atoms with Crippen LogP contribution in [0.2, 0.25) is 0 Å². The normalized spacial score (nSPS) is 11.7. The third-order valence-electron chi connectivity index (χ3n) is 4.62. The van der Waals surface area contributed by atoms with Crippen LogP contribution >= 0.6 is 0 Å². The fourth-order valence-corrected chi connectivity index (χ4v) is 4.58. The number of nitrogens with zero attached hydrogens (tertiary/aromatic N) is 4. The lowest BCUT2D eigenvalue weighted by Gasteiger charge is -2.25. The maximum absolute atomic E-state index is 13.9. The number of fused-ring (bicyclic) bond motifs is 1. The summed E-state index contributed by atoms with van der Waals surface area (Å²) in [7, 11) is -3.97. The lowest BCUT2D eigenvalue weighted by Crippen LogP contribution is -2.31. The molecule has 29 heavy (non-hydrogen) atoms. The minimum Gasteiger partial charge on any atom is -0.285 e. The van der Waals surface area contributed by atoms with Crippen LogP contribution in [0.1, 0.15) is 18.3 Å². The molecule has 0 fully saturated rings. The monoisotopic (exact) mass is 410 g/mol. The number of aryl methyl sites for hydroxylation is 1. The van der Waals surface area contributed by atoms with Gasteiger partial charge in [-0.2, -0.15) is 0 Å². The smallest absolute Gasteiger partial charge is 0.266 e. The van der Waals surface area contributed by atoms with Crippen molar-refractivity contribution in [2.75, 3.05) is 4.31 Å². The maximum Gasteiger partial charge on any atom is 0.266 e. The van der Waals surface area contributed by atoms with Crippen molar-refractivity contribution in [3.05, 3.63) is 90.1 Å². The van der Waals surface area contributed by atoms with Gasteiger partial charge in [0.1, 0.15) is 16.5 Å². The Bertz CT molecular complexity index is 1260. The molecule has 148 valence electrons. The van der Waals surface area contributed by atoms with Gasteiger partial charge in [0.05, 0.1) is 12.2 Å². The van der Waals surface area contributed by atoms with Crippen molar-refractivity contribution < 1.29 is 12.8 Å². The molecule has 0 spiro atoms. The minimum atomic E-state index is -3.97. The molecule has 0 amide bonds. The lowest BCUT2D eigenvalue weighted by atomic mass is 10.2. The molecule has 2 aromatic heterocycles. The highest BCUT2D eigenvalue weighted by Crippen LogP contribution is 2.27. The van der Waals surface area contributed by atoms with E-state index in [1.54, 1.807) is 16.5 Å². The first-order valence-electron chi connectivity index (χ1n) is 9.15.